The molecule has 0 spiro atoms. The number of esters is 1. The molecule has 1 atom stereocenters. The van der Waals surface area contributed by atoms with Crippen molar-refractivity contribution in [2.45, 2.75) is 31.3 Å². The van der Waals surface area contributed by atoms with Crippen molar-refractivity contribution >= 4 is 21.6 Å². The highest BCUT2D eigenvalue weighted by Crippen LogP contribution is 2.13. The third-order valence-electron chi connectivity index (χ3n) is 3.69. The summed E-state index contributed by atoms with van der Waals surface area (Å²) in [4.78, 5) is 24.3. The number of sulfone groups is 1. The fourth-order valence-electron chi connectivity index (χ4n) is 2.23. The number of carbonyl (C=O) groups excluding carboxylic acids is 2. The zero-order valence-corrected chi connectivity index (χ0v) is 15.0. The summed E-state index contributed by atoms with van der Waals surface area (Å²) < 4.78 is 29.3. The molecule has 5 nitrogen and oxygen atoms in total. The molecule has 0 aliphatic carbocycles. The van der Waals surface area contributed by atoms with Gasteiger partial charge in [-0.15, -0.1) is 0 Å². The van der Waals surface area contributed by atoms with Gasteiger partial charge in [0, 0.05) is 5.56 Å². The third-order valence-corrected chi connectivity index (χ3v) is 5.42. The molecule has 25 heavy (non-hydrogen) atoms. The maximum atomic E-state index is 12.2. The smallest absolute Gasteiger partial charge is 0.307 e. The summed E-state index contributed by atoms with van der Waals surface area (Å²) in [5.41, 5.74) is 1.47. The lowest BCUT2D eigenvalue weighted by Gasteiger charge is -2.12. The lowest BCUT2D eigenvalue weighted by Crippen LogP contribution is -2.25. The highest BCUT2D eigenvalue weighted by molar-refractivity contribution is 7.91. The van der Waals surface area contributed by atoms with E-state index in [1.807, 2.05) is 6.92 Å². The van der Waals surface area contributed by atoms with Crippen LogP contribution < -0.4 is 0 Å². The van der Waals surface area contributed by atoms with Crippen molar-refractivity contribution in [2.75, 3.05) is 5.75 Å². The van der Waals surface area contributed by atoms with E-state index in [4.69, 9.17) is 4.74 Å². The quantitative estimate of drug-likeness (QED) is 0.560. The second-order valence-corrected chi connectivity index (χ2v) is 7.85. The Labute approximate surface area is 147 Å². The Bertz CT molecular complexity index is 839. The van der Waals surface area contributed by atoms with Crippen LogP contribution in [0.2, 0.25) is 0 Å². The van der Waals surface area contributed by atoms with Crippen LogP contribution in [-0.2, 0) is 19.4 Å². The molecule has 132 valence electrons. The van der Waals surface area contributed by atoms with Gasteiger partial charge in [-0.2, -0.15) is 0 Å². The van der Waals surface area contributed by atoms with Crippen LogP contribution in [0.5, 0.6) is 0 Å². The van der Waals surface area contributed by atoms with Crippen molar-refractivity contribution in [3.8, 4) is 0 Å². The first-order valence-electron chi connectivity index (χ1n) is 7.88. The molecule has 0 aliphatic heterocycles. The van der Waals surface area contributed by atoms with Crippen molar-refractivity contribution in [1.29, 1.82) is 0 Å². The Morgan fingerprint density at radius 2 is 1.60 bits per heavy atom. The molecule has 2 aromatic carbocycles. The van der Waals surface area contributed by atoms with Gasteiger partial charge in [-0.05, 0) is 26.0 Å². The van der Waals surface area contributed by atoms with E-state index in [0.717, 1.165) is 5.56 Å². The molecule has 0 fully saturated rings. The fourth-order valence-corrected chi connectivity index (χ4v) is 3.47. The summed E-state index contributed by atoms with van der Waals surface area (Å²) in [5, 5.41) is 0. The van der Waals surface area contributed by atoms with Crippen LogP contribution in [0.15, 0.2) is 59.5 Å². The number of ketones is 1. The monoisotopic (exact) mass is 360 g/mol. The number of Topliss-reactive ketones (excluding diaryl/α,β-unsaturated/α-hetero) is 1. The molecule has 6 heteroatoms. The van der Waals surface area contributed by atoms with E-state index in [1.54, 1.807) is 42.5 Å². The number of ether oxygens (including phenoxy) is 1. The number of aryl methyl sites for hydroxylation is 1. The lowest BCUT2D eigenvalue weighted by molar-refractivity contribution is -0.145. The Morgan fingerprint density at radius 3 is 2.20 bits per heavy atom. The number of hydrogen-bond donors (Lipinski definition) is 0. The minimum Gasteiger partial charge on any atom is -0.454 e. The topological polar surface area (TPSA) is 77.5 Å². The molecule has 0 radical (unpaired) electrons. The zero-order valence-electron chi connectivity index (χ0n) is 14.1. The molecular weight excluding hydrogens is 340 g/mol. The van der Waals surface area contributed by atoms with Crippen LogP contribution in [0, 0.1) is 6.92 Å². The first-order valence-corrected chi connectivity index (χ1v) is 9.53. The van der Waals surface area contributed by atoms with Crippen molar-refractivity contribution in [2.24, 2.45) is 0 Å². The second-order valence-electron chi connectivity index (χ2n) is 5.74. The highest BCUT2D eigenvalue weighted by Gasteiger charge is 2.21. The van der Waals surface area contributed by atoms with Gasteiger partial charge in [-0.25, -0.2) is 8.42 Å². The number of rotatable bonds is 7. The van der Waals surface area contributed by atoms with Crippen molar-refractivity contribution in [1.82, 2.24) is 0 Å². The van der Waals surface area contributed by atoms with E-state index in [1.165, 1.54) is 19.1 Å². The van der Waals surface area contributed by atoms with E-state index in [9.17, 15) is 18.0 Å². The van der Waals surface area contributed by atoms with Gasteiger partial charge in [0.25, 0.3) is 0 Å². The van der Waals surface area contributed by atoms with Crippen molar-refractivity contribution in [3.05, 3.63) is 65.7 Å². The molecule has 0 heterocycles. The number of carbonyl (C=O) groups is 2. The van der Waals surface area contributed by atoms with Gasteiger partial charge in [0.05, 0.1) is 17.1 Å². The van der Waals surface area contributed by atoms with Gasteiger partial charge in [-0.1, -0.05) is 48.0 Å². The van der Waals surface area contributed by atoms with Gasteiger partial charge < -0.3 is 4.74 Å². The average Bonchev–Trinajstić information content (AvgIpc) is 2.61. The van der Waals surface area contributed by atoms with Crippen LogP contribution >= 0.6 is 0 Å². The molecule has 0 amide bonds. The summed E-state index contributed by atoms with van der Waals surface area (Å²) in [7, 11) is -3.55. The molecule has 0 bridgehead atoms. The molecule has 0 aliphatic rings. The lowest BCUT2D eigenvalue weighted by atomic mass is 10.1. The van der Waals surface area contributed by atoms with E-state index in [2.05, 4.69) is 0 Å². The molecule has 2 aromatic rings. The average molecular weight is 360 g/mol. The summed E-state index contributed by atoms with van der Waals surface area (Å²) in [6, 6.07) is 14.8. The van der Waals surface area contributed by atoms with Crippen molar-refractivity contribution in [3.63, 3.8) is 0 Å². The van der Waals surface area contributed by atoms with Gasteiger partial charge in [0.15, 0.2) is 15.9 Å². The molecule has 0 saturated heterocycles. The normalized spacial score (nSPS) is 12.4. The molecule has 0 unspecified atom stereocenters. The SMILES string of the molecule is Cc1ccc(C(=O)[C@H](C)OC(=O)CCS(=O)(=O)c2ccccc2)cc1. The van der Waals surface area contributed by atoms with E-state index < -0.39 is 21.9 Å². The van der Waals surface area contributed by atoms with E-state index in [0.29, 0.717) is 5.56 Å². The molecule has 0 aromatic heterocycles. The van der Waals surface area contributed by atoms with Crippen LogP contribution in [-0.4, -0.2) is 32.0 Å². The maximum absolute atomic E-state index is 12.2. The summed E-state index contributed by atoms with van der Waals surface area (Å²) in [6.07, 6.45) is -1.27. The first kappa shape index (κ1) is 18.9. The summed E-state index contributed by atoms with van der Waals surface area (Å²) in [6.45, 7) is 3.39. The van der Waals surface area contributed by atoms with Gasteiger partial charge in [0.1, 0.15) is 0 Å². The molecule has 2 rings (SSSR count). The van der Waals surface area contributed by atoms with E-state index in [-0.39, 0.29) is 22.9 Å². The number of benzene rings is 2. The highest BCUT2D eigenvalue weighted by atomic mass is 32.2. The fraction of sp³-hybridized carbons (Fsp3) is 0.263. The maximum Gasteiger partial charge on any atom is 0.307 e. The second kappa shape index (κ2) is 8.07. The standard InChI is InChI=1S/C19H20O5S/c1-14-8-10-16(11-9-14)19(21)15(2)24-18(20)12-13-25(22,23)17-6-4-3-5-7-17/h3-11,15H,12-13H2,1-2H3/t15-/m0/s1. The minimum atomic E-state index is -3.55. The first-order chi connectivity index (χ1) is 11.8. The molecular formula is C19H20O5S. The van der Waals surface area contributed by atoms with Crippen LogP contribution in [0.4, 0.5) is 0 Å². The Balaban J connectivity index is 1.91. The Kier molecular flexibility index (Phi) is 6.09. The molecule has 0 N–H and O–H groups in total. The minimum absolute atomic E-state index is 0.159. The van der Waals surface area contributed by atoms with Crippen molar-refractivity contribution < 1.29 is 22.7 Å². The third kappa shape index (κ3) is 5.26. The zero-order chi connectivity index (χ0) is 18.4. The van der Waals surface area contributed by atoms with Crippen LogP contribution in [0.3, 0.4) is 0 Å². The Morgan fingerprint density at radius 1 is 1.00 bits per heavy atom. The van der Waals surface area contributed by atoms with Crippen LogP contribution in [0.25, 0.3) is 0 Å². The predicted molar refractivity (Wildman–Crippen MR) is 94.2 cm³/mol. The van der Waals surface area contributed by atoms with E-state index >= 15 is 0 Å². The number of hydrogen-bond acceptors (Lipinski definition) is 5. The summed E-state index contributed by atoms with van der Waals surface area (Å²) in [5.74, 6) is -1.40. The van der Waals surface area contributed by atoms with Gasteiger partial charge in [-0.3, -0.25) is 9.59 Å². The van der Waals surface area contributed by atoms with Gasteiger partial charge >= 0.3 is 5.97 Å². The molecule has 0 saturated carbocycles. The van der Waals surface area contributed by atoms with Gasteiger partial charge in [0.2, 0.25) is 5.78 Å². The largest absolute Gasteiger partial charge is 0.454 e. The summed E-state index contributed by atoms with van der Waals surface area (Å²) >= 11 is 0. The predicted octanol–water partition coefficient (Wildman–Crippen LogP) is 2.97. The van der Waals surface area contributed by atoms with Crippen LogP contribution in [0.1, 0.15) is 29.3 Å². The Hall–Kier alpha value is -2.47.